The number of hydrogen-bond donors (Lipinski definition) is 2. The number of thioether (sulfide) groups is 1. The Bertz CT molecular complexity index is 2700. The predicted octanol–water partition coefficient (Wildman–Crippen LogP) is 5.08. The summed E-state index contributed by atoms with van der Waals surface area (Å²) < 4.78 is 60.1. The minimum absolute atomic E-state index is 0.0169. The van der Waals surface area contributed by atoms with E-state index in [0.29, 0.717) is 127 Å². The van der Waals surface area contributed by atoms with Gasteiger partial charge in [0.2, 0.25) is 23.7 Å². The van der Waals surface area contributed by atoms with E-state index in [1.807, 2.05) is 43.5 Å². The van der Waals surface area contributed by atoms with E-state index in [9.17, 15) is 19.2 Å². The molecule has 5 aromatic rings. The lowest BCUT2D eigenvalue weighted by Crippen LogP contribution is -2.52. The van der Waals surface area contributed by atoms with Crippen molar-refractivity contribution in [1.82, 2.24) is 44.5 Å². The van der Waals surface area contributed by atoms with Crippen LogP contribution in [0.2, 0.25) is 0 Å². The van der Waals surface area contributed by atoms with E-state index in [1.54, 1.807) is 46.0 Å². The largest absolute Gasteiger partial charge is 0.378 e. The zero-order chi connectivity index (χ0) is 50.6. The lowest BCUT2D eigenvalue weighted by Gasteiger charge is -2.34. The third kappa shape index (κ3) is 13.3. The van der Waals surface area contributed by atoms with Gasteiger partial charge in [-0.3, -0.25) is 29.4 Å². The normalized spacial score (nSPS) is 16.3. The number of aryl methyl sites for hydroxylation is 1. The highest BCUT2D eigenvalue weighted by atomic mass is 32.2. The van der Waals surface area contributed by atoms with Gasteiger partial charge in [0.15, 0.2) is 11.6 Å². The number of fused-ring (bicyclic) bond motifs is 2. The second kappa shape index (κ2) is 25.1. The average molecular weight is 1020 g/mol. The molecule has 2 aromatic carbocycles. The van der Waals surface area contributed by atoms with Crippen molar-refractivity contribution in [3.63, 3.8) is 0 Å². The Hall–Kier alpha value is -6.01. The molecule has 4 amide bonds. The van der Waals surface area contributed by atoms with Crippen molar-refractivity contribution < 1.29 is 51.6 Å². The molecule has 8 rings (SSSR count). The van der Waals surface area contributed by atoms with Crippen LogP contribution in [-0.2, 0) is 51.2 Å². The van der Waals surface area contributed by atoms with Crippen molar-refractivity contribution in [2.45, 2.75) is 63.7 Å². The van der Waals surface area contributed by atoms with Gasteiger partial charge in [-0.15, -0.1) is 11.8 Å². The van der Waals surface area contributed by atoms with Gasteiger partial charge in [-0.1, -0.05) is 12.1 Å². The molecule has 384 valence electrons. The first kappa shape index (κ1) is 52.3. The fraction of sp³-hybridized carbons (Fsp3) is 0.480. The number of rotatable bonds is 25. The monoisotopic (exact) mass is 1010 g/mol. The van der Waals surface area contributed by atoms with Crippen molar-refractivity contribution in [3.05, 3.63) is 89.0 Å². The number of benzene rings is 2. The molecule has 0 aliphatic carbocycles. The molecule has 3 aromatic heterocycles. The standard InChI is InChI=1S/C50H60F2N10O9S/c1-32(2)62-33(3)55-47-38(51)25-35(26-41(47)62)46-39(52)28-54-50(58-46)56-43-9-7-34(27-53-43)29-59-11-13-60(14-12-59)45(64)31-71-22-21-69-18-17-67-15-16-68-19-20-70-23-24-72-42-6-4-5-36-37(42)30-61(49(36)66)40-8-10-44(63)57-48(40)65/h4-7,9,25-28,32,40H,8,10-24,29-31H2,1-3H3,(H,57,63,65)(H,53,54,56,58). The highest BCUT2D eigenvalue weighted by Crippen LogP contribution is 2.35. The Morgan fingerprint density at radius 2 is 1.56 bits per heavy atom. The second-order valence-corrected chi connectivity index (χ2v) is 18.8. The summed E-state index contributed by atoms with van der Waals surface area (Å²) in [4.78, 5) is 73.7. The van der Waals surface area contributed by atoms with Crippen LogP contribution >= 0.6 is 11.8 Å². The lowest BCUT2D eigenvalue weighted by atomic mass is 10.0. The van der Waals surface area contributed by atoms with E-state index in [1.165, 1.54) is 6.07 Å². The molecule has 2 fully saturated rings. The summed E-state index contributed by atoms with van der Waals surface area (Å²) >= 11 is 1.60. The van der Waals surface area contributed by atoms with E-state index in [0.717, 1.165) is 22.2 Å². The Morgan fingerprint density at radius 3 is 2.24 bits per heavy atom. The van der Waals surface area contributed by atoms with Gasteiger partial charge in [-0.25, -0.2) is 28.7 Å². The maximum atomic E-state index is 15.1. The van der Waals surface area contributed by atoms with Gasteiger partial charge in [-0.2, -0.15) is 0 Å². The van der Waals surface area contributed by atoms with E-state index < -0.39 is 23.6 Å². The molecule has 72 heavy (non-hydrogen) atoms. The number of carbonyl (C=O) groups excluding carboxylic acids is 4. The van der Waals surface area contributed by atoms with Crippen molar-refractivity contribution in [1.29, 1.82) is 0 Å². The number of nitrogens with one attached hydrogen (secondary N) is 2. The van der Waals surface area contributed by atoms with E-state index in [-0.39, 0.29) is 66.1 Å². The van der Waals surface area contributed by atoms with Crippen molar-refractivity contribution in [2.24, 2.45) is 0 Å². The first-order valence-corrected chi connectivity index (χ1v) is 25.1. The molecular weight excluding hydrogens is 955 g/mol. The van der Waals surface area contributed by atoms with Gasteiger partial charge in [0.1, 0.15) is 35.5 Å². The van der Waals surface area contributed by atoms with Crippen molar-refractivity contribution >= 4 is 58.2 Å². The van der Waals surface area contributed by atoms with Gasteiger partial charge < -0.3 is 43.4 Å². The average Bonchev–Trinajstić information content (AvgIpc) is 3.89. The van der Waals surface area contributed by atoms with Crippen molar-refractivity contribution in [2.75, 3.05) is 103 Å². The molecule has 0 saturated carbocycles. The number of carbonyl (C=O) groups is 4. The summed E-state index contributed by atoms with van der Waals surface area (Å²) in [6.45, 7) is 12.9. The minimum Gasteiger partial charge on any atom is -0.378 e. The third-order valence-electron chi connectivity index (χ3n) is 12.4. The highest BCUT2D eigenvalue weighted by Gasteiger charge is 2.40. The number of aromatic nitrogens is 5. The zero-order valence-corrected chi connectivity index (χ0v) is 41.5. The molecule has 2 N–H and O–H groups in total. The fourth-order valence-electron chi connectivity index (χ4n) is 8.84. The van der Waals surface area contributed by atoms with Gasteiger partial charge in [0.05, 0.1) is 71.2 Å². The van der Waals surface area contributed by atoms with Gasteiger partial charge in [-0.05, 0) is 68.7 Å². The first-order chi connectivity index (χ1) is 34.9. The molecule has 22 heteroatoms. The summed E-state index contributed by atoms with van der Waals surface area (Å²) in [6, 6.07) is 11.6. The molecule has 0 bridgehead atoms. The Labute approximate surface area is 420 Å². The first-order valence-electron chi connectivity index (χ1n) is 24.1. The third-order valence-corrected chi connectivity index (χ3v) is 13.5. The molecule has 19 nitrogen and oxygen atoms in total. The maximum Gasteiger partial charge on any atom is 0.255 e. The number of amides is 4. The van der Waals surface area contributed by atoms with Crippen LogP contribution in [0.5, 0.6) is 0 Å². The highest BCUT2D eigenvalue weighted by molar-refractivity contribution is 7.99. The van der Waals surface area contributed by atoms with Crippen LogP contribution in [0.4, 0.5) is 20.5 Å². The summed E-state index contributed by atoms with van der Waals surface area (Å²) in [5.41, 5.74) is 3.49. The smallest absolute Gasteiger partial charge is 0.255 e. The molecule has 0 radical (unpaired) electrons. The number of anilines is 2. The van der Waals surface area contributed by atoms with Crippen LogP contribution in [0, 0.1) is 18.6 Å². The molecular formula is C50H60F2N10O9S. The number of imidazole rings is 1. The van der Waals surface area contributed by atoms with Crippen LogP contribution in [-0.4, -0.2) is 167 Å². The van der Waals surface area contributed by atoms with E-state index in [4.69, 9.17) is 23.7 Å². The summed E-state index contributed by atoms with van der Waals surface area (Å²) in [5, 5.41) is 5.36. The van der Waals surface area contributed by atoms with Gasteiger partial charge in [0, 0.05) is 79.7 Å². The number of imide groups is 1. The SMILES string of the molecule is Cc1nc2c(F)cc(-c3nc(Nc4ccc(CN5CCN(C(=O)COCCOCCOCCOCCOCCSc6cccc7c6CN(C6CCC(=O)NC6=O)C7=O)CC5)cn4)ncc3F)cc2n1C(C)C. The van der Waals surface area contributed by atoms with Crippen LogP contribution in [0.25, 0.3) is 22.3 Å². The quantitative estimate of drug-likeness (QED) is 0.0445. The predicted molar refractivity (Wildman–Crippen MR) is 262 cm³/mol. The number of ether oxygens (including phenoxy) is 5. The Kier molecular flexibility index (Phi) is 18.2. The van der Waals surface area contributed by atoms with Crippen LogP contribution in [0.3, 0.4) is 0 Å². The molecule has 3 aliphatic rings. The lowest BCUT2D eigenvalue weighted by molar-refractivity contribution is -0.139. The number of nitrogens with zero attached hydrogens (tertiary/aromatic N) is 8. The number of halogens is 2. The molecule has 3 aliphatic heterocycles. The fourth-order valence-corrected chi connectivity index (χ4v) is 9.79. The summed E-state index contributed by atoms with van der Waals surface area (Å²) in [7, 11) is 0. The van der Waals surface area contributed by atoms with Crippen LogP contribution in [0.15, 0.2) is 59.8 Å². The van der Waals surface area contributed by atoms with Crippen molar-refractivity contribution in [3.8, 4) is 11.3 Å². The van der Waals surface area contributed by atoms with E-state index in [2.05, 4.69) is 35.5 Å². The van der Waals surface area contributed by atoms with Gasteiger partial charge >= 0.3 is 0 Å². The number of piperidine rings is 1. The Balaban J connectivity index is 0.623. The zero-order valence-electron chi connectivity index (χ0n) is 40.7. The maximum absolute atomic E-state index is 15.1. The topological polar surface area (TPSA) is 205 Å². The second-order valence-electron chi connectivity index (χ2n) is 17.7. The molecule has 1 unspecified atom stereocenters. The van der Waals surface area contributed by atoms with Gasteiger partial charge in [0.25, 0.3) is 5.91 Å². The molecule has 1 atom stereocenters. The number of piperazine rings is 1. The minimum atomic E-state index is -0.684. The molecule has 6 heterocycles. The Morgan fingerprint density at radius 1 is 0.847 bits per heavy atom. The van der Waals surface area contributed by atoms with E-state index >= 15 is 8.78 Å². The van der Waals surface area contributed by atoms with Crippen LogP contribution in [0.1, 0.15) is 60.0 Å². The summed E-state index contributed by atoms with van der Waals surface area (Å²) in [6.07, 6.45) is 3.35. The van der Waals surface area contributed by atoms with Crippen LogP contribution < -0.4 is 10.6 Å². The number of hydrogen-bond acceptors (Lipinski definition) is 16. The molecule has 2 saturated heterocycles. The number of pyridine rings is 1. The molecule has 0 spiro atoms. The summed E-state index contributed by atoms with van der Waals surface area (Å²) in [5.74, 6) is -0.290.